The molecule has 7 rings (SSSR count). The fourth-order valence-corrected chi connectivity index (χ4v) is 5.43. The maximum atomic E-state index is 5.75. The summed E-state index contributed by atoms with van der Waals surface area (Å²) in [5.41, 5.74) is 13.2. The van der Waals surface area contributed by atoms with Crippen molar-refractivity contribution >= 4 is 21.9 Å². The molecule has 5 heteroatoms. The number of furan rings is 1. The van der Waals surface area contributed by atoms with E-state index >= 15 is 0 Å². The van der Waals surface area contributed by atoms with Crippen molar-refractivity contribution in [1.29, 1.82) is 0 Å². The second kappa shape index (κ2) is 13.9. The summed E-state index contributed by atoms with van der Waals surface area (Å²) >= 11 is 0. The van der Waals surface area contributed by atoms with Crippen LogP contribution in [0.3, 0.4) is 0 Å². The molecule has 4 nitrogen and oxygen atoms in total. The predicted molar refractivity (Wildman–Crippen MR) is 185 cm³/mol. The fourth-order valence-electron chi connectivity index (χ4n) is 5.43. The summed E-state index contributed by atoms with van der Waals surface area (Å²) < 4.78 is 5.75. The maximum Gasteiger partial charge on any atom is 0.151 e. The quantitative estimate of drug-likeness (QED) is 0.167. The van der Waals surface area contributed by atoms with E-state index in [4.69, 9.17) is 4.42 Å². The van der Waals surface area contributed by atoms with Gasteiger partial charge >= 0.3 is 0 Å². The second-order valence-corrected chi connectivity index (χ2v) is 12.8. The predicted octanol–water partition coefficient (Wildman–Crippen LogP) is 10.6. The first-order valence-corrected chi connectivity index (χ1v) is 15.3. The minimum Gasteiger partial charge on any atom is -0.455 e. The van der Waals surface area contributed by atoms with E-state index < -0.39 is 0 Å². The average Bonchev–Trinajstić information content (AvgIpc) is 3.41. The van der Waals surface area contributed by atoms with E-state index in [2.05, 4.69) is 111 Å². The summed E-state index contributed by atoms with van der Waals surface area (Å²) in [6, 6.07) is 35.5. The molecular weight excluding hydrogens is 743 g/mol. The van der Waals surface area contributed by atoms with Crippen LogP contribution in [-0.2, 0) is 26.5 Å². The van der Waals surface area contributed by atoms with Crippen LogP contribution in [-0.4, -0.2) is 15.0 Å². The molecule has 0 atom stereocenters. The van der Waals surface area contributed by atoms with Gasteiger partial charge in [0.05, 0.1) is 6.20 Å². The molecule has 0 fully saturated rings. The van der Waals surface area contributed by atoms with Gasteiger partial charge in [-0.15, -0.1) is 35.4 Å². The van der Waals surface area contributed by atoms with Crippen molar-refractivity contribution in [1.82, 2.24) is 15.0 Å². The number of para-hydroxylation sites is 1. The summed E-state index contributed by atoms with van der Waals surface area (Å²) in [5, 5.41) is 2.15. The number of aromatic nitrogens is 3. The Labute approximate surface area is 285 Å². The number of rotatable bonds is 4. The number of hydrogen-bond acceptors (Lipinski definition) is 4. The van der Waals surface area contributed by atoms with Crippen LogP contribution >= 0.6 is 0 Å². The number of aryl methyl sites for hydroxylation is 3. The zero-order valence-corrected chi connectivity index (χ0v) is 29.5. The maximum absolute atomic E-state index is 5.75. The molecule has 0 amide bonds. The molecule has 4 heterocycles. The third kappa shape index (κ3) is 7.50. The van der Waals surface area contributed by atoms with Crippen LogP contribution in [0.15, 0.2) is 108 Å². The van der Waals surface area contributed by atoms with Gasteiger partial charge in [-0.25, -0.2) is 0 Å². The molecule has 0 spiro atoms. The van der Waals surface area contributed by atoms with Gasteiger partial charge in [0.1, 0.15) is 5.58 Å². The van der Waals surface area contributed by atoms with Gasteiger partial charge in [0.2, 0.25) is 0 Å². The van der Waals surface area contributed by atoms with Crippen LogP contribution in [0, 0.1) is 38.3 Å². The smallest absolute Gasteiger partial charge is 0.151 e. The number of benzene rings is 3. The molecule has 0 unspecified atom stereocenters. The molecule has 0 bridgehead atoms. The Hall–Kier alpha value is -4.44. The first-order chi connectivity index (χ1) is 21.6. The largest absolute Gasteiger partial charge is 0.455 e. The summed E-state index contributed by atoms with van der Waals surface area (Å²) in [7, 11) is 0. The van der Waals surface area contributed by atoms with Gasteiger partial charge in [0, 0.05) is 37.1 Å². The van der Waals surface area contributed by atoms with Crippen molar-refractivity contribution in [2.24, 2.45) is 5.41 Å². The number of pyridine rings is 3. The Morgan fingerprint density at radius 1 is 0.696 bits per heavy atom. The van der Waals surface area contributed by atoms with E-state index in [0.29, 0.717) is 5.41 Å². The molecule has 233 valence electrons. The van der Waals surface area contributed by atoms with Crippen LogP contribution in [0.1, 0.15) is 43.0 Å². The number of hydrogen-bond donors (Lipinski definition) is 0. The molecule has 0 aliphatic carbocycles. The molecule has 0 N–H and O–H groups in total. The molecule has 4 aromatic heterocycles. The van der Waals surface area contributed by atoms with Crippen molar-refractivity contribution in [2.45, 2.75) is 48.0 Å². The van der Waals surface area contributed by atoms with E-state index in [1.54, 1.807) is 12.4 Å². The SMILES string of the molecule is Cc1cnc(-c2[c-]cc(C)c(-c3ccc(CC(C)(C)C)cc3)c2)cc1C.[Ir].[c-]1cccnc1-c1cc2c(cn1)oc1ccccc12. The fraction of sp³-hybridized carbons (Fsp3) is 0.195. The Balaban J connectivity index is 0.000000185. The van der Waals surface area contributed by atoms with Crippen molar-refractivity contribution in [2.75, 3.05) is 0 Å². The van der Waals surface area contributed by atoms with E-state index in [9.17, 15) is 0 Å². The normalized spacial score (nSPS) is 11.2. The molecule has 0 saturated heterocycles. The van der Waals surface area contributed by atoms with Crippen LogP contribution in [0.5, 0.6) is 0 Å². The van der Waals surface area contributed by atoms with E-state index in [-0.39, 0.29) is 20.1 Å². The third-order valence-corrected chi connectivity index (χ3v) is 7.92. The first kappa shape index (κ1) is 32.9. The zero-order valence-electron chi connectivity index (χ0n) is 27.1. The Bertz CT molecular complexity index is 2090. The molecule has 7 aromatic rings. The first-order valence-electron chi connectivity index (χ1n) is 15.3. The van der Waals surface area contributed by atoms with Gasteiger partial charge in [-0.05, 0) is 71.7 Å². The van der Waals surface area contributed by atoms with Crippen LogP contribution in [0.2, 0.25) is 0 Å². The minimum atomic E-state index is 0. The molecule has 3 aromatic carbocycles. The van der Waals surface area contributed by atoms with Gasteiger partial charge in [-0.3, -0.25) is 4.98 Å². The molecule has 1 radical (unpaired) electrons. The van der Waals surface area contributed by atoms with Crippen LogP contribution < -0.4 is 0 Å². The van der Waals surface area contributed by atoms with Crippen LogP contribution in [0.4, 0.5) is 0 Å². The summed E-state index contributed by atoms with van der Waals surface area (Å²) in [5.74, 6) is 0. The van der Waals surface area contributed by atoms with Crippen molar-refractivity contribution in [3.05, 3.63) is 138 Å². The Morgan fingerprint density at radius 3 is 2.17 bits per heavy atom. The monoisotopic (exact) mass is 780 g/mol. The Kier molecular flexibility index (Phi) is 9.96. The molecule has 46 heavy (non-hydrogen) atoms. The summed E-state index contributed by atoms with van der Waals surface area (Å²) in [6.07, 6.45) is 6.52. The topological polar surface area (TPSA) is 51.8 Å². The summed E-state index contributed by atoms with van der Waals surface area (Å²) in [6.45, 7) is 13.2. The van der Waals surface area contributed by atoms with Crippen molar-refractivity contribution < 1.29 is 24.5 Å². The summed E-state index contributed by atoms with van der Waals surface area (Å²) in [4.78, 5) is 13.3. The van der Waals surface area contributed by atoms with Crippen LogP contribution in [0.25, 0.3) is 55.7 Å². The minimum absolute atomic E-state index is 0. The molecule has 0 aliphatic rings. The standard InChI is InChI=1S/C25H28N.C16H9N2O.Ir/c1-17-7-10-22(24-13-18(2)19(3)16-26-24)14-23(17)21-11-8-20(9-12-21)15-25(4,5)6;1-2-7-15-11(5-1)12-9-14(18-10-16(12)19-15)13-6-3-4-8-17-13;/h7-9,11-14,16H,15H2,1-6H3;1-5,7-10H;/q2*-1;. The van der Waals surface area contributed by atoms with E-state index in [1.165, 1.54) is 33.4 Å². The van der Waals surface area contributed by atoms with Gasteiger partial charge in [0.25, 0.3) is 0 Å². The van der Waals surface area contributed by atoms with E-state index in [0.717, 1.165) is 51.0 Å². The third-order valence-electron chi connectivity index (χ3n) is 7.92. The number of fused-ring (bicyclic) bond motifs is 3. The second-order valence-electron chi connectivity index (χ2n) is 12.8. The Morgan fingerprint density at radius 2 is 1.46 bits per heavy atom. The van der Waals surface area contributed by atoms with Crippen molar-refractivity contribution in [3.63, 3.8) is 0 Å². The van der Waals surface area contributed by atoms with Gasteiger partial charge in [-0.2, -0.15) is 12.1 Å². The van der Waals surface area contributed by atoms with Gasteiger partial charge < -0.3 is 14.4 Å². The van der Waals surface area contributed by atoms with E-state index in [1.807, 2.05) is 48.7 Å². The van der Waals surface area contributed by atoms with Gasteiger partial charge in [-0.1, -0.05) is 93.4 Å². The van der Waals surface area contributed by atoms with Crippen molar-refractivity contribution in [3.8, 4) is 33.8 Å². The average molecular weight is 780 g/mol. The van der Waals surface area contributed by atoms with Gasteiger partial charge in [0.15, 0.2) is 5.58 Å². The zero-order chi connectivity index (χ0) is 31.6. The molecule has 0 aliphatic heterocycles. The molecule has 0 saturated carbocycles. The molecular formula is C41H37IrN3O-2. The number of nitrogens with zero attached hydrogens (tertiary/aromatic N) is 3.